The summed E-state index contributed by atoms with van der Waals surface area (Å²) in [5.41, 5.74) is 0.816. The van der Waals surface area contributed by atoms with Gasteiger partial charge in [0.25, 0.3) is 0 Å². The lowest BCUT2D eigenvalue weighted by atomic mass is 9.99. The molecule has 0 radical (unpaired) electrons. The Balaban J connectivity index is 0.00000264. The van der Waals surface area contributed by atoms with E-state index in [2.05, 4.69) is 15.4 Å². The van der Waals surface area contributed by atoms with Crippen LogP contribution in [-0.4, -0.2) is 31.8 Å². The normalized spacial score (nSPS) is 18.0. The number of benzene rings is 1. The van der Waals surface area contributed by atoms with E-state index in [9.17, 15) is 18.0 Å². The van der Waals surface area contributed by atoms with Gasteiger partial charge in [0.1, 0.15) is 5.75 Å². The van der Waals surface area contributed by atoms with Gasteiger partial charge in [-0.05, 0) is 37.1 Å². The molecular weight excluding hydrogens is 333 g/mol. The molecule has 0 aliphatic carbocycles. The lowest BCUT2D eigenvalue weighted by Gasteiger charge is -2.21. The molecule has 1 aromatic rings. The van der Waals surface area contributed by atoms with Gasteiger partial charge >= 0.3 is 6.18 Å². The molecule has 8 heteroatoms. The van der Waals surface area contributed by atoms with Gasteiger partial charge in [-0.1, -0.05) is 12.1 Å². The van der Waals surface area contributed by atoms with Crippen molar-refractivity contribution in [2.24, 2.45) is 5.92 Å². The van der Waals surface area contributed by atoms with Crippen LogP contribution in [0.5, 0.6) is 5.75 Å². The molecule has 1 heterocycles. The van der Waals surface area contributed by atoms with Crippen LogP contribution >= 0.6 is 12.4 Å². The van der Waals surface area contributed by atoms with E-state index in [4.69, 9.17) is 0 Å². The summed E-state index contributed by atoms with van der Waals surface area (Å²) in [7, 11) is 0. The molecule has 1 amide bonds. The lowest BCUT2D eigenvalue weighted by Crippen LogP contribution is -2.40. The summed E-state index contributed by atoms with van der Waals surface area (Å²) in [6, 6.07) is 6.22. The van der Waals surface area contributed by atoms with Crippen LogP contribution in [0.3, 0.4) is 0 Å². The van der Waals surface area contributed by atoms with Crippen LogP contribution in [0.15, 0.2) is 24.3 Å². The molecule has 0 spiro atoms. The number of hydrogen-bond acceptors (Lipinski definition) is 3. The van der Waals surface area contributed by atoms with Gasteiger partial charge in [0.05, 0.1) is 5.92 Å². The van der Waals surface area contributed by atoms with Gasteiger partial charge < -0.3 is 15.4 Å². The highest BCUT2D eigenvalue weighted by molar-refractivity contribution is 5.85. The van der Waals surface area contributed by atoms with E-state index in [0.29, 0.717) is 13.1 Å². The van der Waals surface area contributed by atoms with Crippen LogP contribution in [0, 0.1) is 5.92 Å². The Hall–Kier alpha value is -1.47. The smallest absolute Gasteiger partial charge is 0.422 e. The fourth-order valence-electron chi connectivity index (χ4n) is 2.28. The monoisotopic (exact) mass is 352 g/mol. The first-order chi connectivity index (χ1) is 10.4. The van der Waals surface area contributed by atoms with Gasteiger partial charge in [-0.3, -0.25) is 4.79 Å². The van der Waals surface area contributed by atoms with Crippen molar-refractivity contribution in [2.75, 3.05) is 19.7 Å². The second-order valence-electron chi connectivity index (χ2n) is 5.31. The molecule has 0 saturated carbocycles. The third-order valence-corrected chi connectivity index (χ3v) is 3.46. The molecule has 0 bridgehead atoms. The zero-order valence-corrected chi connectivity index (χ0v) is 13.3. The first-order valence-electron chi connectivity index (χ1n) is 7.21. The van der Waals surface area contributed by atoms with Gasteiger partial charge in [-0.2, -0.15) is 13.2 Å². The van der Waals surface area contributed by atoms with Crippen molar-refractivity contribution in [3.05, 3.63) is 29.8 Å². The van der Waals surface area contributed by atoms with Gasteiger partial charge in [0, 0.05) is 13.1 Å². The van der Waals surface area contributed by atoms with E-state index in [1.165, 1.54) is 12.1 Å². The molecule has 4 nitrogen and oxygen atoms in total. The van der Waals surface area contributed by atoms with E-state index >= 15 is 0 Å². The van der Waals surface area contributed by atoms with Gasteiger partial charge in [-0.15, -0.1) is 12.4 Å². The van der Waals surface area contributed by atoms with Crippen molar-refractivity contribution >= 4 is 18.3 Å². The van der Waals surface area contributed by atoms with Gasteiger partial charge in [0.15, 0.2) is 6.61 Å². The molecule has 2 rings (SSSR count). The summed E-state index contributed by atoms with van der Waals surface area (Å²) < 4.78 is 40.7. The van der Waals surface area contributed by atoms with Crippen LogP contribution in [0.1, 0.15) is 18.4 Å². The predicted molar refractivity (Wildman–Crippen MR) is 82.7 cm³/mol. The average Bonchev–Trinajstić information content (AvgIpc) is 2.52. The minimum absolute atomic E-state index is 0. The van der Waals surface area contributed by atoms with Crippen molar-refractivity contribution in [1.29, 1.82) is 0 Å². The highest BCUT2D eigenvalue weighted by Crippen LogP contribution is 2.19. The molecule has 1 aliphatic rings. The second-order valence-corrected chi connectivity index (χ2v) is 5.31. The average molecular weight is 353 g/mol. The molecule has 1 aromatic carbocycles. The Bertz CT molecular complexity index is 488. The van der Waals surface area contributed by atoms with E-state index in [1.807, 2.05) is 0 Å². The van der Waals surface area contributed by atoms with E-state index in [1.54, 1.807) is 12.1 Å². The number of amides is 1. The molecule has 0 unspecified atom stereocenters. The Morgan fingerprint density at radius 2 is 2.00 bits per heavy atom. The van der Waals surface area contributed by atoms with Crippen molar-refractivity contribution in [1.82, 2.24) is 10.6 Å². The number of ether oxygens (including phenoxy) is 1. The standard InChI is InChI=1S/C15H19F3N2O2.ClH/c16-15(17,18)10-22-13-5-3-11(4-6-13)8-20-14(21)12-2-1-7-19-9-12;/h3-6,12,19H,1-2,7-10H2,(H,20,21);1H/t12-;/m1./s1. The van der Waals surface area contributed by atoms with Crippen molar-refractivity contribution < 1.29 is 22.7 Å². The summed E-state index contributed by atoms with van der Waals surface area (Å²) in [6.07, 6.45) is -2.48. The summed E-state index contributed by atoms with van der Waals surface area (Å²) in [5.74, 6) is 0.150. The maximum Gasteiger partial charge on any atom is 0.422 e. The van der Waals surface area contributed by atoms with Crippen LogP contribution < -0.4 is 15.4 Å². The van der Waals surface area contributed by atoms with Crippen molar-refractivity contribution in [3.63, 3.8) is 0 Å². The number of nitrogens with one attached hydrogen (secondary N) is 2. The highest BCUT2D eigenvalue weighted by Gasteiger charge is 2.28. The number of hydrogen-bond donors (Lipinski definition) is 2. The molecule has 1 saturated heterocycles. The van der Waals surface area contributed by atoms with E-state index < -0.39 is 12.8 Å². The van der Waals surface area contributed by atoms with Gasteiger partial charge in [-0.25, -0.2) is 0 Å². The number of rotatable bonds is 5. The third kappa shape index (κ3) is 7.09. The number of alkyl halides is 3. The highest BCUT2D eigenvalue weighted by atomic mass is 35.5. The van der Waals surface area contributed by atoms with E-state index in [-0.39, 0.29) is 30.0 Å². The molecule has 1 atom stereocenters. The molecule has 1 aliphatic heterocycles. The molecule has 130 valence electrons. The Labute approximate surface area is 139 Å². The quantitative estimate of drug-likeness (QED) is 0.856. The summed E-state index contributed by atoms with van der Waals surface area (Å²) >= 11 is 0. The maximum atomic E-state index is 12.0. The van der Waals surface area contributed by atoms with E-state index in [0.717, 1.165) is 24.9 Å². The molecular formula is C15H20ClF3N2O2. The molecule has 2 N–H and O–H groups in total. The summed E-state index contributed by atoms with van der Waals surface area (Å²) in [6.45, 7) is 0.686. The van der Waals surface area contributed by atoms with Crippen LogP contribution in [-0.2, 0) is 11.3 Å². The van der Waals surface area contributed by atoms with Crippen molar-refractivity contribution in [2.45, 2.75) is 25.6 Å². The van der Waals surface area contributed by atoms with Crippen LogP contribution in [0.4, 0.5) is 13.2 Å². The second kappa shape index (κ2) is 8.98. The Kier molecular flexibility index (Phi) is 7.64. The lowest BCUT2D eigenvalue weighted by molar-refractivity contribution is -0.153. The number of carbonyl (C=O) groups excluding carboxylic acids is 1. The van der Waals surface area contributed by atoms with Crippen LogP contribution in [0.2, 0.25) is 0 Å². The zero-order chi connectivity index (χ0) is 16.0. The first-order valence-corrected chi connectivity index (χ1v) is 7.21. The fraction of sp³-hybridized carbons (Fsp3) is 0.533. The third-order valence-electron chi connectivity index (χ3n) is 3.46. The zero-order valence-electron chi connectivity index (χ0n) is 12.5. The largest absolute Gasteiger partial charge is 0.484 e. The topological polar surface area (TPSA) is 50.4 Å². The molecule has 1 fully saturated rings. The number of carbonyl (C=O) groups is 1. The predicted octanol–water partition coefficient (Wildman–Crippen LogP) is 2.67. The number of piperidine rings is 1. The van der Waals surface area contributed by atoms with Gasteiger partial charge in [0.2, 0.25) is 5.91 Å². The van der Waals surface area contributed by atoms with Crippen molar-refractivity contribution in [3.8, 4) is 5.75 Å². The Morgan fingerprint density at radius 1 is 1.30 bits per heavy atom. The SMILES string of the molecule is Cl.O=C(NCc1ccc(OCC(F)(F)F)cc1)[C@@H]1CCCNC1. The number of halogens is 4. The molecule has 0 aromatic heterocycles. The summed E-state index contributed by atoms with van der Waals surface area (Å²) in [4.78, 5) is 12.0. The maximum absolute atomic E-state index is 12.0. The molecule has 23 heavy (non-hydrogen) atoms. The fourth-order valence-corrected chi connectivity index (χ4v) is 2.28. The minimum atomic E-state index is -4.35. The first kappa shape index (κ1) is 19.6. The Morgan fingerprint density at radius 3 is 2.57 bits per heavy atom. The minimum Gasteiger partial charge on any atom is -0.484 e. The summed E-state index contributed by atoms with van der Waals surface area (Å²) in [5, 5.41) is 6.02. The van der Waals surface area contributed by atoms with Crippen LogP contribution in [0.25, 0.3) is 0 Å².